The second kappa shape index (κ2) is 10.3. The van der Waals surface area contributed by atoms with E-state index >= 15 is 0 Å². The maximum absolute atomic E-state index is 13.0. The number of fused-ring (bicyclic) bond motifs is 1. The first-order valence-corrected chi connectivity index (χ1v) is 12.0. The Balaban J connectivity index is 1.34. The maximum atomic E-state index is 13.0. The molecule has 5 rings (SSSR count). The number of ether oxygens (including phenoxy) is 1. The van der Waals surface area contributed by atoms with E-state index in [-0.39, 0.29) is 18.1 Å². The first-order valence-electron chi connectivity index (χ1n) is 12.0. The van der Waals surface area contributed by atoms with Gasteiger partial charge in [0.25, 0.3) is 5.91 Å². The average Bonchev–Trinajstić information content (AvgIpc) is 3.36. The number of carbonyl (C=O) groups excluding carboxylic acids is 4. The molecule has 2 fully saturated rings. The molecule has 190 valence electrons. The fourth-order valence-corrected chi connectivity index (χ4v) is 4.52. The third-order valence-electron chi connectivity index (χ3n) is 6.35. The molecule has 2 saturated heterocycles. The highest BCUT2D eigenvalue weighted by Crippen LogP contribution is 2.25. The highest BCUT2D eigenvalue weighted by atomic mass is 16.5. The Morgan fingerprint density at radius 2 is 1.84 bits per heavy atom. The van der Waals surface area contributed by atoms with Gasteiger partial charge in [0, 0.05) is 41.4 Å². The number of nitrogens with one attached hydrogen (secondary N) is 2. The van der Waals surface area contributed by atoms with E-state index in [0.717, 1.165) is 21.4 Å². The third-order valence-corrected chi connectivity index (χ3v) is 6.35. The molecule has 2 aromatic carbocycles. The minimum atomic E-state index is -0.665. The number of anilines is 1. The number of nitrogens with zero attached hydrogens (tertiary/aromatic N) is 3. The number of rotatable bonds is 6. The van der Waals surface area contributed by atoms with E-state index in [2.05, 4.69) is 10.6 Å². The number of morpholine rings is 1. The number of aryl methyl sites for hydroxylation is 1. The van der Waals surface area contributed by atoms with E-state index in [0.29, 0.717) is 37.6 Å². The maximum Gasteiger partial charge on any atom is 0.329 e. The first-order chi connectivity index (χ1) is 17.9. The van der Waals surface area contributed by atoms with Crippen LogP contribution in [0.3, 0.4) is 0 Å². The van der Waals surface area contributed by atoms with Crippen LogP contribution in [0.2, 0.25) is 0 Å². The predicted molar refractivity (Wildman–Crippen MR) is 137 cm³/mol. The van der Waals surface area contributed by atoms with Crippen LogP contribution in [0.15, 0.2) is 60.4 Å². The number of hydrogen-bond donors (Lipinski definition) is 2. The van der Waals surface area contributed by atoms with Crippen LogP contribution < -0.4 is 10.6 Å². The summed E-state index contributed by atoms with van der Waals surface area (Å²) in [6.07, 6.45) is 3.37. The number of aromatic nitrogens is 1. The zero-order valence-electron chi connectivity index (χ0n) is 20.4. The Kier molecular flexibility index (Phi) is 6.74. The van der Waals surface area contributed by atoms with Crippen molar-refractivity contribution in [1.29, 1.82) is 0 Å². The molecule has 1 aromatic heterocycles. The number of amides is 5. The van der Waals surface area contributed by atoms with Gasteiger partial charge in [-0.05, 0) is 36.8 Å². The molecule has 0 saturated carbocycles. The Bertz CT molecular complexity index is 1420. The highest BCUT2D eigenvalue weighted by molar-refractivity contribution is 6.16. The number of urea groups is 1. The van der Waals surface area contributed by atoms with Gasteiger partial charge in [0.05, 0.1) is 13.2 Å². The molecule has 0 bridgehead atoms. The lowest BCUT2D eigenvalue weighted by molar-refractivity contribution is -0.135. The van der Waals surface area contributed by atoms with Gasteiger partial charge in [-0.3, -0.25) is 14.4 Å². The molecular formula is C27H27N5O5. The van der Waals surface area contributed by atoms with Gasteiger partial charge in [-0.1, -0.05) is 30.3 Å². The van der Waals surface area contributed by atoms with Crippen LogP contribution in [-0.2, 0) is 25.7 Å². The van der Waals surface area contributed by atoms with Crippen molar-refractivity contribution in [3.8, 4) is 0 Å². The zero-order valence-corrected chi connectivity index (χ0v) is 20.4. The Labute approximate surface area is 213 Å². The molecule has 37 heavy (non-hydrogen) atoms. The van der Waals surface area contributed by atoms with Crippen LogP contribution in [0.25, 0.3) is 17.0 Å². The number of benzene rings is 2. The third kappa shape index (κ3) is 5.24. The van der Waals surface area contributed by atoms with Crippen LogP contribution in [-0.4, -0.2) is 71.0 Å². The van der Waals surface area contributed by atoms with Gasteiger partial charge in [0.1, 0.15) is 18.8 Å². The van der Waals surface area contributed by atoms with Gasteiger partial charge in [0.15, 0.2) is 0 Å². The average molecular weight is 502 g/mol. The van der Waals surface area contributed by atoms with Crippen molar-refractivity contribution in [1.82, 2.24) is 19.7 Å². The van der Waals surface area contributed by atoms with Crippen LogP contribution in [0.4, 0.5) is 10.5 Å². The summed E-state index contributed by atoms with van der Waals surface area (Å²) in [5.41, 5.74) is 3.15. The molecule has 5 amide bonds. The minimum absolute atomic E-state index is 0.0145. The normalized spacial score (nSPS) is 16.9. The molecule has 2 N–H and O–H groups in total. The van der Waals surface area contributed by atoms with Gasteiger partial charge < -0.3 is 24.8 Å². The number of para-hydroxylation sites is 1. The summed E-state index contributed by atoms with van der Waals surface area (Å²) in [6.45, 7) is 3.81. The quantitative estimate of drug-likeness (QED) is 0.398. The van der Waals surface area contributed by atoms with Crippen molar-refractivity contribution < 1.29 is 23.9 Å². The van der Waals surface area contributed by atoms with Crippen LogP contribution >= 0.6 is 0 Å². The molecule has 0 radical (unpaired) electrons. The van der Waals surface area contributed by atoms with Crippen molar-refractivity contribution in [2.24, 2.45) is 0 Å². The van der Waals surface area contributed by atoms with E-state index in [1.165, 1.54) is 0 Å². The molecule has 0 unspecified atom stereocenters. The molecule has 0 atom stereocenters. The summed E-state index contributed by atoms with van der Waals surface area (Å²) in [7, 11) is 0. The SMILES string of the molecule is Cc1cccc(NC(=O)CN2C(=O)N/C(=C\c3cn(CC(=O)N4CCOCC4)c4ccccc34)C2=O)c1. The van der Waals surface area contributed by atoms with Crippen LogP contribution in [0, 0.1) is 6.92 Å². The summed E-state index contributed by atoms with van der Waals surface area (Å²) >= 11 is 0. The van der Waals surface area contributed by atoms with Gasteiger partial charge in [-0.15, -0.1) is 0 Å². The molecule has 3 aromatic rings. The molecule has 2 aliphatic rings. The molecule has 10 nitrogen and oxygen atoms in total. The largest absolute Gasteiger partial charge is 0.378 e. The number of imide groups is 1. The van der Waals surface area contributed by atoms with Crippen molar-refractivity contribution in [3.05, 3.63) is 71.6 Å². The molecule has 0 aliphatic carbocycles. The van der Waals surface area contributed by atoms with E-state index in [1.807, 2.05) is 47.9 Å². The fourth-order valence-electron chi connectivity index (χ4n) is 4.52. The van der Waals surface area contributed by atoms with Gasteiger partial charge >= 0.3 is 6.03 Å². The van der Waals surface area contributed by atoms with Gasteiger partial charge in [-0.25, -0.2) is 9.69 Å². The Morgan fingerprint density at radius 1 is 1.05 bits per heavy atom. The first kappa shape index (κ1) is 24.3. The second-order valence-corrected chi connectivity index (χ2v) is 9.02. The van der Waals surface area contributed by atoms with Gasteiger partial charge in [-0.2, -0.15) is 0 Å². The lowest BCUT2D eigenvalue weighted by Gasteiger charge is -2.27. The van der Waals surface area contributed by atoms with Crippen molar-refractivity contribution in [3.63, 3.8) is 0 Å². The molecule has 10 heteroatoms. The monoisotopic (exact) mass is 501 g/mol. The summed E-state index contributed by atoms with van der Waals surface area (Å²) < 4.78 is 7.17. The van der Waals surface area contributed by atoms with E-state index in [4.69, 9.17) is 4.74 Å². The predicted octanol–water partition coefficient (Wildman–Crippen LogP) is 2.34. The molecule has 3 heterocycles. The second-order valence-electron chi connectivity index (χ2n) is 9.02. The van der Waals surface area contributed by atoms with Gasteiger partial charge in [0.2, 0.25) is 11.8 Å². The summed E-state index contributed by atoms with van der Waals surface area (Å²) in [5.74, 6) is -1.08. The number of carbonyl (C=O) groups is 4. The summed E-state index contributed by atoms with van der Waals surface area (Å²) in [5, 5.41) is 6.11. The lowest BCUT2D eigenvalue weighted by atomic mass is 10.1. The lowest BCUT2D eigenvalue weighted by Crippen LogP contribution is -2.42. The standard InChI is InChI=1S/C27H27N5O5/c1-18-5-4-6-20(13-18)28-24(33)16-32-26(35)22(29-27(32)36)14-19-15-31(23-8-3-2-7-21(19)23)17-25(34)30-9-11-37-12-10-30/h2-8,13-15H,9-12,16-17H2,1H3,(H,28,33)(H,29,36)/b22-14-. The van der Waals surface area contributed by atoms with E-state index in [9.17, 15) is 19.2 Å². The smallest absolute Gasteiger partial charge is 0.329 e. The van der Waals surface area contributed by atoms with Crippen molar-refractivity contribution in [2.75, 3.05) is 38.2 Å². The number of hydrogen-bond acceptors (Lipinski definition) is 5. The topological polar surface area (TPSA) is 113 Å². The Morgan fingerprint density at radius 3 is 2.62 bits per heavy atom. The Hall–Kier alpha value is -4.44. The highest BCUT2D eigenvalue weighted by Gasteiger charge is 2.35. The molecular weight excluding hydrogens is 474 g/mol. The molecule has 2 aliphatic heterocycles. The van der Waals surface area contributed by atoms with E-state index in [1.54, 1.807) is 29.3 Å². The summed E-state index contributed by atoms with van der Waals surface area (Å²) in [6, 6.07) is 14.1. The van der Waals surface area contributed by atoms with Crippen LogP contribution in [0.1, 0.15) is 11.1 Å². The zero-order chi connectivity index (χ0) is 25.9. The minimum Gasteiger partial charge on any atom is -0.378 e. The summed E-state index contributed by atoms with van der Waals surface area (Å²) in [4.78, 5) is 53.5. The molecule has 0 spiro atoms. The van der Waals surface area contributed by atoms with Crippen molar-refractivity contribution in [2.45, 2.75) is 13.5 Å². The van der Waals surface area contributed by atoms with E-state index < -0.39 is 24.4 Å². The fraction of sp³-hybridized carbons (Fsp3) is 0.259. The van der Waals surface area contributed by atoms with Crippen LogP contribution in [0.5, 0.6) is 0 Å². The van der Waals surface area contributed by atoms with Crippen molar-refractivity contribution >= 4 is 46.4 Å².